The van der Waals surface area contributed by atoms with E-state index in [1.54, 1.807) is 43.6 Å². The molecule has 3 aromatic rings. The van der Waals surface area contributed by atoms with Crippen molar-refractivity contribution in [2.45, 2.75) is 13.5 Å². The van der Waals surface area contributed by atoms with Crippen molar-refractivity contribution in [3.05, 3.63) is 81.4 Å². The second-order valence-corrected chi connectivity index (χ2v) is 5.87. The molecule has 0 spiro atoms. The summed E-state index contributed by atoms with van der Waals surface area (Å²) in [6.07, 6.45) is 2.94. The van der Waals surface area contributed by atoms with Crippen LogP contribution in [-0.2, 0) is 6.54 Å². The van der Waals surface area contributed by atoms with E-state index in [1.807, 2.05) is 13.0 Å². The number of aromatic nitrogens is 2. The highest BCUT2D eigenvalue weighted by molar-refractivity contribution is 5.94. The maximum atomic E-state index is 12.5. The van der Waals surface area contributed by atoms with E-state index in [9.17, 15) is 14.4 Å². The highest BCUT2D eigenvalue weighted by Crippen LogP contribution is 2.05. The molecule has 132 valence electrons. The van der Waals surface area contributed by atoms with E-state index in [0.29, 0.717) is 11.2 Å². The first-order valence-electron chi connectivity index (χ1n) is 8.07. The van der Waals surface area contributed by atoms with Crippen LogP contribution >= 0.6 is 0 Å². The number of fused-ring (bicyclic) bond motifs is 1. The third-order valence-corrected chi connectivity index (χ3v) is 3.99. The molecule has 0 radical (unpaired) electrons. The molecular formula is C19H18N4O3. The van der Waals surface area contributed by atoms with Gasteiger partial charge in [-0.2, -0.15) is 0 Å². The van der Waals surface area contributed by atoms with Crippen LogP contribution in [-0.4, -0.2) is 28.2 Å². The van der Waals surface area contributed by atoms with Crippen molar-refractivity contribution in [3.63, 3.8) is 0 Å². The molecular weight excluding hydrogens is 332 g/mol. The number of carbonyl (C=O) groups is 2. The van der Waals surface area contributed by atoms with Crippen molar-refractivity contribution >= 4 is 17.5 Å². The number of aryl methyl sites for hydroxylation is 1. The summed E-state index contributed by atoms with van der Waals surface area (Å²) in [5, 5.41) is 5.25. The van der Waals surface area contributed by atoms with Crippen molar-refractivity contribution in [1.29, 1.82) is 0 Å². The number of hydrogen-bond acceptors (Lipinski definition) is 4. The number of nitrogens with one attached hydrogen (secondary N) is 2. The van der Waals surface area contributed by atoms with Gasteiger partial charge in [-0.3, -0.25) is 18.8 Å². The van der Waals surface area contributed by atoms with Gasteiger partial charge in [-0.05, 0) is 36.2 Å². The Labute approximate surface area is 149 Å². The summed E-state index contributed by atoms with van der Waals surface area (Å²) in [6, 6.07) is 10.4. The minimum atomic E-state index is -0.492. The Morgan fingerprint density at radius 1 is 1.08 bits per heavy atom. The summed E-state index contributed by atoms with van der Waals surface area (Å²) in [6.45, 7) is 2.10. The van der Waals surface area contributed by atoms with Crippen molar-refractivity contribution < 1.29 is 9.59 Å². The summed E-state index contributed by atoms with van der Waals surface area (Å²) in [5.74, 6) is -0.667. The van der Waals surface area contributed by atoms with Gasteiger partial charge < -0.3 is 10.6 Å². The van der Waals surface area contributed by atoms with Gasteiger partial charge in [0.05, 0.1) is 0 Å². The number of nitrogens with zero attached hydrogens (tertiary/aromatic N) is 2. The molecule has 0 atom stereocenters. The average Bonchev–Trinajstić information content (AvgIpc) is 2.66. The van der Waals surface area contributed by atoms with Gasteiger partial charge in [-0.25, -0.2) is 4.98 Å². The zero-order chi connectivity index (χ0) is 18.7. The number of hydrogen-bond donors (Lipinski definition) is 2. The Bertz CT molecular complexity index is 1040. The second-order valence-electron chi connectivity index (χ2n) is 5.87. The Hall–Kier alpha value is -3.48. The molecule has 0 unspecified atom stereocenters. The largest absolute Gasteiger partial charge is 0.355 e. The number of carbonyl (C=O) groups excluding carboxylic acids is 2. The van der Waals surface area contributed by atoms with Crippen LogP contribution in [0, 0.1) is 6.92 Å². The van der Waals surface area contributed by atoms with E-state index in [0.717, 1.165) is 11.1 Å². The highest BCUT2D eigenvalue weighted by Gasteiger charge is 2.13. The van der Waals surface area contributed by atoms with Crippen LogP contribution in [0.1, 0.15) is 31.8 Å². The maximum absolute atomic E-state index is 12.5. The van der Waals surface area contributed by atoms with Crippen molar-refractivity contribution in [2.24, 2.45) is 0 Å². The maximum Gasteiger partial charge on any atom is 0.270 e. The lowest BCUT2D eigenvalue weighted by Gasteiger charge is -2.07. The lowest BCUT2D eigenvalue weighted by atomic mass is 10.1. The molecule has 0 aliphatic heterocycles. The van der Waals surface area contributed by atoms with Gasteiger partial charge in [0.25, 0.3) is 17.4 Å². The van der Waals surface area contributed by atoms with E-state index in [-0.39, 0.29) is 18.0 Å². The molecule has 7 nitrogen and oxygen atoms in total. The molecule has 0 saturated heterocycles. The third kappa shape index (κ3) is 3.46. The lowest BCUT2D eigenvalue weighted by molar-refractivity contribution is 0.0944. The fourth-order valence-corrected chi connectivity index (χ4v) is 2.53. The summed E-state index contributed by atoms with van der Waals surface area (Å²) in [7, 11) is 1.56. The molecule has 0 aliphatic rings. The summed E-state index contributed by atoms with van der Waals surface area (Å²) < 4.78 is 1.36. The minimum absolute atomic E-state index is 0.0184. The quantitative estimate of drug-likeness (QED) is 0.742. The smallest absolute Gasteiger partial charge is 0.270 e. The number of rotatable bonds is 4. The number of amides is 2. The molecule has 7 heteroatoms. The van der Waals surface area contributed by atoms with Crippen LogP contribution in [0.3, 0.4) is 0 Å². The molecule has 2 N–H and O–H groups in total. The fraction of sp³-hybridized carbons (Fsp3) is 0.158. The Balaban J connectivity index is 1.76. The Kier molecular flexibility index (Phi) is 4.79. The molecule has 1 aromatic carbocycles. The Morgan fingerprint density at radius 3 is 2.50 bits per heavy atom. The molecule has 2 heterocycles. The van der Waals surface area contributed by atoms with Gasteiger partial charge >= 0.3 is 0 Å². The molecule has 0 aliphatic carbocycles. The summed E-state index contributed by atoms with van der Waals surface area (Å²) in [5.41, 5.74) is 2.31. The van der Waals surface area contributed by atoms with E-state index in [2.05, 4.69) is 15.6 Å². The first-order chi connectivity index (χ1) is 12.5. The van der Waals surface area contributed by atoms with E-state index in [4.69, 9.17) is 0 Å². The monoisotopic (exact) mass is 350 g/mol. The van der Waals surface area contributed by atoms with E-state index in [1.165, 1.54) is 10.6 Å². The topological polar surface area (TPSA) is 92.6 Å². The number of benzene rings is 1. The van der Waals surface area contributed by atoms with Gasteiger partial charge in [-0.1, -0.05) is 18.2 Å². The van der Waals surface area contributed by atoms with Crippen molar-refractivity contribution in [1.82, 2.24) is 20.0 Å². The van der Waals surface area contributed by atoms with Crippen LogP contribution in [0.2, 0.25) is 0 Å². The average molecular weight is 350 g/mol. The van der Waals surface area contributed by atoms with E-state index < -0.39 is 11.5 Å². The lowest BCUT2D eigenvalue weighted by Crippen LogP contribution is -2.31. The van der Waals surface area contributed by atoms with Gasteiger partial charge in [0.2, 0.25) is 0 Å². The minimum Gasteiger partial charge on any atom is -0.355 e. The predicted molar refractivity (Wildman–Crippen MR) is 97.2 cm³/mol. The van der Waals surface area contributed by atoms with Gasteiger partial charge in [0, 0.05) is 31.5 Å². The van der Waals surface area contributed by atoms with Crippen LogP contribution in [0.15, 0.2) is 53.6 Å². The fourth-order valence-electron chi connectivity index (χ4n) is 2.53. The van der Waals surface area contributed by atoms with Crippen molar-refractivity contribution in [3.8, 4) is 0 Å². The normalized spacial score (nSPS) is 10.5. The standard InChI is InChI=1S/C19H18N4O3/c1-12-3-8-16-21-10-15(19(26)23(16)11-12)18(25)22-9-13-4-6-14(7-5-13)17(24)20-2/h3-8,10-11H,9H2,1-2H3,(H,20,24)(H,22,25). The second kappa shape index (κ2) is 7.18. The first-order valence-corrected chi connectivity index (χ1v) is 8.07. The molecule has 2 aromatic heterocycles. The van der Waals surface area contributed by atoms with E-state index >= 15 is 0 Å². The third-order valence-electron chi connectivity index (χ3n) is 3.99. The zero-order valence-corrected chi connectivity index (χ0v) is 14.4. The summed E-state index contributed by atoms with van der Waals surface area (Å²) >= 11 is 0. The van der Waals surface area contributed by atoms with Crippen LogP contribution < -0.4 is 16.2 Å². The summed E-state index contributed by atoms with van der Waals surface area (Å²) in [4.78, 5) is 40.5. The van der Waals surface area contributed by atoms with Crippen LogP contribution in [0.4, 0.5) is 0 Å². The molecule has 0 fully saturated rings. The molecule has 0 bridgehead atoms. The molecule has 3 rings (SSSR count). The van der Waals surface area contributed by atoms with Crippen LogP contribution in [0.25, 0.3) is 5.65 Å². The number of pyridine rings is 1. The van der Waals surface area contributed by atoms with Crippen molar-refractivity contribution in [2.75, 3.05) is 7.05 Å². The van der Waals surface area contributed by atoms with Gasteiger partial charge in [-0.15, -0.1) is 0 Å². The van der Waals surface area contributed by atoms with Crippen LogP contribution in [0.5, 0.6) is 0 Å². The molecule has 0 saturated carbocycles. The first kappa shape index (κ1) is 17.3. The highest BCUT2D eigenvalue weighted by atomic mass is 16.2. The zero-order valence-electron chi connectivity index (χ0n) is 14.4. The Morgan fingerprint density at radius 2 is 1.81 bits per heavy atom. The predicted octanol–water partition coefficient (Wildman–Crippen LogP) is 1.29. The van der Waals surface area contributed by atoms with Gasteiger partial charge in [0.15, 0.2) is 0 Å². The molecule has 2 amide bonds. The van der Waals surface area contributed by atoms with Gasteiger partial charge in [0.1, 0.15) is 11.2 Å². The molecule has 26 heavy (non-hydrogen) atoms. The SMILES string of the molecule is CNC(=O)c1ccc(CNC(=O)c2cnc3ccc(C)cn3c2=O)cc1.